The third kappa shape index (κ3) is 3.91. The fraction of sp³-hybridized carbons (Fsp3) is 0.571. The van der Waals surface area contributed by atoms with Crippen LogP contribution < -0.4 is 16.6 Å². The number of amides is 1. The summed E-state index contributed by atoms with van der Waals surface area (Å²) in [6.07, 6.45) is 2.27. The Kier molecular flexibility index (Phi) is 5.91. The molecule has 3 N–H and O–H groups in total. The van der Waals surface area contributed by atoms with Gasteiger partial charge in [-0.1, -0.05) is 6.92 Å². The maximum absolute atomic E-state index is 12.2. The standard InChI is InChI=1S/C14H23N3O3/c1-4-14(2,10-15)13(19)16-11-5-6-12(18)17(9-11)7-8-20-3/h5-6,9H,4,7-8,10,15H2,1-3H3,(H,16,19). The van der Waals surface area contributed by atoms with Crippen LogP contribution in [0.4, 0.5) is 5.69 Å². The highest BCUT2D eigenvalue weighted by Crippen LogP contribution is 2.21. The first-order chi connectivity index (χ1) is 9.46. The van der Waals surface area contributed by atoms with Crippen molar-refractivity contribution in [3.63, 3.8) is 0 Å². The van der Waals surface area contributed by atoms with Gasteiger partial charge < -0.3 is 20.4 Å². The van der Waals surface area contributed by atoms with E-state index in [1.54, 1.807) is 19.4 Å². The number of anilines is 1. The maximum Gasteiger partial charge on any atom is 0.250 e. The number of carbonyl (C=O) groups is 1. The van der Waals surface area contributed by atoms with E-state index in [1.807, 2.05) is 13.8 Å². The zero-order chi connectivity index (χ0) is 15.2. The first-order valence-electron chi connectivity index (χ1n) is 6.68. The monoisotopic (exact) mass is 281 g/mol. The second-order valence-corrected chi connectivity index (χ2v) is 5.01. The summed E-state index contributed by atoms with van der Waals surface area (Å²) in [6.45, 7) is 4.90. The number of nitrogens with zero attached hydrogens (tertiary/aromatic N) is 1. The van der Waals surface area contributed by atoms with Crippen LogP contribution >= 0.6 is 0 Å². The Balaban J connectivity index is 2.88. The quantitative estimate of drug-likeness (QED) is 0.774. The molecule has 0 fully saturated rings. The number of rotatable bonds is 7. The molecule has 0 aliphatic rings. The van der Waals surface area contributed by atoms with Gasteiger partial charge in [0.05, 0.1) is 17.7 Å². The molecule has 0 radical (unpaired) electrons. The Morgan fingerprint density at radius 3 is 2.75 bits per heavy atom. The van der Waals surface area contributed by atoms with Crippen molar-refractivity contribution in [1.82, 2.24) is 4.57 Å². The van der Waals surface area contributed by atoms with Gasteiger partial charge in [0, 0.05) is 32.5 Å². The molecule has 0 spiro atoms. The largest absolute Gasteiger partial charge is 0.383 e. The van der Waals surface area contributed by atoms with Gasteiger partial charge in [0.2, 0.25) is 5.91 Å². The molecule has 1 rings (SSSR count). The molecule has 0 aliphatic heterocycles. The average molecular weight is 281 g/mol. The average Bonchev–Trinajstić information content (AvgIpc) is 2.46. The van der Waals surface area contributed by atoms with Gasteiger partial charge in [-0.25, -0.2) is 0 Å². The van der Waals surface area contributed by atoms with Crippen LogP contribution in [0.5, 0.6) is 0 Å². The van der Waals surface area contributed by atoms with Crippen LogP contribution in [0, 0.1) is 5.41 Å². The van der Waals surface area contributed by atoms with Gasteiger partial charge in [-0.05, 0) is 19.4 Å². The first kappa shape index (κ1) is 16.4. The molecule has 1 aromatic rings. The minimum absolute atomic E-state index is 0.128. The van der Waals surface area contributed by atoms with Crippen molar-refractivity contribution in [2.75, 3.05) is 25.6 Å². The van der Waals surface area contributed by atoms with E-state index in [1.165, 1.54) is 10.6 Å². The lowest BCUT2D eigenvalue weighted by Crippen LogP contribution is -2.39. The SMILES string of the molecule is CCC(C)(CN)C(=O)Nc1ccc(=O)n(CCOC)c1. The van der Waals surface area contributed by atoms with Crippen LogP contribution in [0.1, 0.15) is 20.3 Å². The van der Waals surface area contributed by atoms with Gasteiger partial charge in [0.25, 0.3) is 5.56 Å². The predicted octanol–water partition coefficient (Wildman–Crippen LogP) is 0.808. The molecule has 0 saturated heterocycles. The van der Waals surface area contributed by atoms with E-state index in [9.17, 15) is 9.59 Å². The Bertz CT molecular complexity index is 507. The Morgan fingerprint density at radius 2 is 2.20 bits per heavy atom. The number of pyridine rings is 1. The number of hydrogen-bond donors (Lipinski definition) is 2. The molecular weight excluding hydrogens is 258 g/mol. The molecule has 1 aromatic heterocycles. The third-order valence-electron chi connectivity index (χ3n) is 3.56. The number of aromatic nitrogens is 1. The number of methoxy groups -OCH3 is 1. The van der Waals surface area contributed by atoms with Crippen LogP contribution in [-0.2, 0) is 16.1 Å². The van der Waals surface area contributed by atoms with E-state index in [-0.39, 0.29) is 18.0 Å². The third-order valence-corrected chi connectivity index (χ3v) is 3.56. The van der Waals surface area contributed by atoms with Crippen molar-refractivity contribution in [3.05, 3.63) is 28.7 Å². The van der Waals surface area contributed by atoms with Crippen LogP contribution in [0.3, 0.4) is 0 Å². The van der Waals surface area contributed by atoms with E-state index in [0.717, 1.165) is 0 Å². The van der Waals surface area contributed by atoms with Gasteiger partial charge in [-0.2, -0.15) is 0 Å². The molecule has 6 nitrogen and oxygen atoms in total. The summed E-state index contributed by atoms with van der Waals surface area (Å²) in [5.74, 6) is -0.139. The van der Waals surface area contributed by atoms with E-state index >= 15 is 0 Å². The van der Waals surface area contributed by atoms with E-state index in [0.29, 0.717) is 25.3 Å². The van der Waals surface area contributed by atoms with Crippen molar-refractivity contribution >= 4 is 11.6 Å². The Hall–Kier alpha value is -1.66. The van der Waals surface area contributed by atoms with E-state index in [2.05, 4.69) is 5.32 Å². The molecule has 1 atom stereocenters. The summed E-state index contributed by atoms with van der Waals surface area (Å²) < 4.78 is 6.45. The summed E-state index contributed by atoms with van der Waals surface area (Å²) in [6, 6.07) is 3.02. The van der Waals surface area contributed by atoms with Crippen LogP contribution in [0.15, 0.2) is 23.1 Å². The number of carbonyl (C=O) groups excluding carboxylic acids is 1. The molecule has 1 amide bonds. The second kappa shape index (κ2) is 7.21. The minimum atomic E-state index is -0.604. The molecule has 1 unspecified atom stereocenters. The fourth-order valence-electron chi connectivity index (χ4n) is 1.65. The lowest BCUT2D eigenvalue weighted by molar-refractivity contribution is -0.124. The van der Waals surface area contributed by atoms with Crippen LogP contribution in [0.25, 0.3) is 0 Å². The number of ether oxygens (including phenoxy) is 1. The molecule has 0 aromatic carbocycles. The zero-order valence-electron chi connectivity index (χ0n) is 12.3. The van der Waals surface area contributed by atoms with Crippen molar-refractivity contribution in [2.45, 2.75) is 26.8 Å². The van der Waals surface area contributed by atoms with Crippen molar-refractivity contribution in [3.8, 4) is 0 Å². The lowest BCUT2D eigenvalue weighted by Gasteiger charge is -2.25. The zero-order valence-corrected chi connectivity index (χ0v) is 12.3. The Labute approximate surface area is 118 Å². The van der Waals surface area contributed by atoms with Gasteiger partial charge in [0.15, 0.2) is 0 Å². The van der Waals surface area contributed by atoms with Gasteiger partial charge in [-0.3, -0.25) is 9.59 Å². The molecule has 6 heteroatoms. The fourth-order valence-corrected chi connectivity index (χ4v) is 1.65. The smallest absolute Gasteiger partial charge is 0.250 e. The van der Waals surface area contributed by atoms with Crippen molar-refractivity contribution in [2.24, 2.45) is 11.1 Å². The maximum atomic E-state index is 12.2. The second-order valence-electron chi connectivity index (χ2n) is 5.01. The topological polar surface area (TPSA) is 86.4 Å². The molecule has 112 valence electrons. The van der Waals surface area contributed by atoms with Gasteiger partial charge >= 0.3 is 0 Å². The van der Waals surface area contributed by atoms with E-state index in [4.69, 9.17) is 10.5 Å². The van der Waals surface area contributed by atoms with E-state index < -0.39 is 5.41 Å². The van der Waals surface area contributed by atoms with Crippen molar-refractivity contribution < 1.29 is 9.53 Å². The number of hydrogen-bond acceptors (Lipinski definition) is 4. The summed E-state index contributed by atoms with van der Waals surface area (Å²) in [7, 11) is 1.57. The van der Waals surface area contributed by atoms with Crippen LogP contribution in [-0.4, -0.2) is 30.7 Å². The molecule has 20 heavy (non-hydrogen) atoms. The summed E-state index contributed by atoms with van der Waals surface area (Å²) in [5, 5.41) is 2.81. The molecule has 1 heterocycles. The first-order valence-corrected chi connectivity index (χ1v) is 6.68. The Morgan fingerprint density at radius 1 is 1.50 bits per heavy atom. The van der Waals surface area contributed by atoms with Crippen LogP contribution in [0.2, 0.25) is 0 Å². The molecule has 0 bridgehead atoms. The molecular formula is C14H23N3O3. The highest BCUT2D eigenvalue weighted by Gasteiger charge is 2.29. The van der Waals surface area contributed by atoms with Gasteiger partial charge in [0.1, 0.15) is 0 Å². The number of nitrogens with two attached hydrogens (primary N) is 1. The lowest BCUT2D eigenvalue weighted by atomic mass is 9.86. The molecule has 0 saturated carbocycles. The summed E-state index contributed by atoms with van der Waals surface area (Å²) in [5.41, 5.74) is 5.51. The normalized spacial score (nSPS) is 13.8. The van der Waals surface area contributed by atoms with Crippen molar-refractivity contribution in [1.29, 1.82) is 0 Å². The number of nitrogens with one attached hydrogen (secondary N) is 1. The summed E-state index contributed by atoms with van der Waals surface area (Å²) >= 11 is 0. The predicted molar refractivity (Wildman–Crippen MR) is 78.7 cm³/mol. The van der Waals surface area contributed by atoms with Gasteiger partial charge in [-0.15, -0.1) is 0 Å². The minimum Gasteiger partial charge on any atom is -0.383 e. The summed E-state index contributed by atoms with van der Waals surface area (Å²) in [4.78, 5) is 23.9. The highest BCUT2D eigenvalue weighted by atomic mass is 16.5. The molecule has 0 aliphatic carbocycles. The highest BCUT2D eigenvalue weighted by molar-refractivity contribution is 5.95.